The molecular formula is C9H8BrN3O2. The first-order chi connectivity index (χ1) is 7.22. The van der Waals surface area contributed by atoms with Gasteiger partial charge >= 0.3 is 5.97 Å². The first kappa shape index (κ1) is 10.1. The minimum absolute atomic E-state index is 0.338. The van der Waals surface area contributed by atoms with Gasteiger partial charge in [-0.25, -0.2) is 14.3 Å². The lowest BCUT2D eigenvalue weighted by Gasteiger charge is -2.02. The zero-order chi connectivity index (χ0) is 10.8. The highest BCUT2D eigenvalue weighted by atomic mass is 79.9. The van der Waals surface area contributed by atoms with Gasteiger partial charge in [0.15, 0.2) is 11.3 Å². The van der Waals surface area contributed by atoms with Gasteiger partial charge in [-0.05, 0) is 28.9 Å². The molecule has 2 heterocycles. The minimum atomic E-state index is -0.402. The standard InChI is InChI=1S/C9H8BrN3O2/c1-2-15-9(14)6-3-4-11-8-5-7(10)12-13(6)8/h3-5H,2H2,1H3. The van der Waals surface area contributed by atoms with E-state index in [1.807, 2.05) is 0 Å². The van der Waals surface area contributed by atoms with Crippen LogP contribution >= 0.6 is 15.9 Å². The number of hydrogen-bond acceptors (Lipinski definition) is 4. The van der Waals surface area contributed by atoms with Crippen LogP contribution in [0.25, 0.3) is 5.65 Å². The molecule has 5 nitrogen and oxygen atoms in total. The quantitative estimate of drug-likeness (QED) is 0.779. The molecule has 0 saturated heterocycles. The van der Waals surface area contributed by atoms with Crippen molar-refractivity contribution in [3.05, 3.63) is 28.6 Å². The van der Waals surface area contributed by atoms with Gasteiger partial charge in [0.1, 0.15) is 4.60 Å². The zero-order valence-corrected chi connectivity index (χ0v) is 9.56. The highest BCUT2D eigenvalue weighted by Crippen LogP contribution is 2.12. The molecule has 2 rings (SSSR count). The van der Waals surface area contributed by atoms with E-state index in [1.165, 1.54) is 4.52 Å². The Morgan fingerprint density at radius 3 is 3.20 bits per heavy atom. The number of carbonyl (C=O) groups excluding carboxylic acids is 1. The van der Waals surface area contributed by atoms with Gasteiger partial charge in [-0.2, -0.15) is 5.10 Å². The van der Waals surface area contributed by atoms with Crippen LogP contribution < -0.4 is 0 Å². The third-order valence-corrected chi connectivity index (χ3v) is 2.20. The van der Waals surface area contributed by atoms with Gasteiger partial charge in [-0.3, -0.25) is 0 Å². The first-order valence-electron chi connectivity index (χ1n) is 4.39. The molecule has 0 aromatic carbocycles. The van der Waals surface area contributed by atoms with Gasteiger partial charge in [0.25, 0.3) is 0 Å². The van der Waals surface area contributed by atoms with Gasteiger partial charge in [-0.1, -0.05) is 0 Å². The summed E-state index contributed by atoms with van der Waals surface area (Å²) in [5, 5.41) is 4.09. The molecule has 0 saturated carbocycles. The summed E-state index contributed by atoms with van der Waals surface area (Å²) >= 11 is 3.22. The molecular weight excluding hydrogens is 262 g/mol. The molecule has 0 aliphatic carbocycles. The highest BCUT2D eigenvalue weighted by Gasteiger charge is 2.12. The average Bonchev–Trinajstić information content (AvgIpc) is 2.57. The van der Waals surface area contributed by atoms with Crippen molar-refractivity contribution in [2.45, 2.75) is 6.92 Å². The molecule has 0 amide bonds. The summed E-state index contributed by atoms with van der Waals surface area (Å²) in [5.74, 6) is -0.402. The van der Waals surface area contributed by atoms with Crippen molar-refractivity contribution in [3.63, 3.8) is 0 Å². The second-order valence-corrected chi connectivity index (χ2v) is 3.60. The molecule has 0 N–H and O–H groups in total. The van der Waals surface area contributed by atoms with E-state index in [0.717, 1.165) is 0 Å². The van der Waals surface area contributed by atoms with Crippen LogP contribution in [0.3, 0.4) is 0 Å². The molecule has 0 atom stereocenters. The van der Waals surface area contributed by atoms with Gasteiger partial charge < -0.3 is 4.74 Å². The van der Waals surface area contributed by atoms with Crippen molar-refractivity contribution in [2.75, 3.05) is 6.61 Å². The number of esters is 1. The van der Waals surface area contributed by atoms with E-state index in [4.69, 9.17) is 4.74 Å². The molecule has 6 heteroatoms. The van der Waals surface area contributed by atoms with Crippen LogP contribution in [-0.4, -0.2) is 27.2 Å². The molecule has 2 aromatic rings. The maximum Gasteiger partial charge on any atom is 0.357 e. The van der Waals surface area contributed by atoms with Crippen LogP contribution in [0.2, 0.25) is 0 Å². The second kappa shape index (κ2) is 3.98. The fourth-order valence-electron chi connectivity index (χ4n) is 1.23. The molecule has 0 aliphatic rings. The Hall–Kier alpha value is -1.43. The number of aromatic nitrogens is 3. The fourth-order valence-corrected chi connectivity index (χ4v) is 1.59. The first-order valence-corrected chi connectivity index (χ1v) is 5.19. The molecule has 0 bridgehead atoms. The third kappa shape index (κ3) is 1.85. The lowest BCUT2D eigenvalue weighted by molar-refractivity contribution is 0.0516. The van der Waals surface area contributed by atoms with E-state index in [9.17, 15) is 4.79 Å². The van der Waals surface area contributed by atoms with Gasteiger partial charge in [0.2, 0.25) is 0 Å². The molecule has 78 valence electrons. The fraction of sp³-hybridized carbons (Fsp3) is 0.222. The Morgan fingerprint density at radius 2 is 2.47 bits per heavy atom. The van der Waals surface area contributed by atoms with Crippen molar-refractivity contribution in [1.29, 1.82) is 0 Å². The SMILES string of the molecule is CCOC(=O)c1ccnc2cc(Br)nn12. The maximum absolute atomic E-state index is 11.5. The summed E-state index contributed by atoms with van der Waals surface area (Å²) < 4.78 is 6.98. The summed E-state index contributed by atoms with van der Waals surface area (Å²) in [4.78, 5) is 15.6. The van der Waals surface area contributed by atoms with Gasteiger partial charge in [0.05, 0.1) is 6.61 Å². The van der Waals surface area contributed by atoms with Gasteiger partial charge in [0, 0.05) is 12.3 Å². The van der Waals surface area contributed by atoms with Crippen molar-refractivity contribution in [3.8, 4) is 0 Å². The Kier molecular flexibility index (Phi) is 2.68. The summed E-state index contributed by atoms with van der Waals surface area (Å²) in [6.45, 7) is 2.10. The maximum atomic E-state index is 11.5. The van der Waals surface area contributed by atoms with E-state index >= 15 is 0 Å². The monoisotopic (exact) mass is 269 g/mol. The normalized spacial score (nSPS) is 10.5. The lowest BCUT2D eigenvalue weighted by atomic mass is 10.4. The number of fused-ring (bicyclic) bond motifs is 1. The zero-order valence-electron chi connectivity index (χ0n) is 7.98. The Balaban J connectivity index is 2.55. The van der Waals surface area contributed by atoms with Crippen molar-refractivity contribution < 1.29 is 9.53 Å². The van der Waals surface area contributed by atoms with E-state index in [2.05, 4.69) is 26.0 Å². The van der Waals surface area contributed by atoms with Crippen molar-refractivity contribution in [2.24, 2.45) is 0 Å². The summed E-state index contributed by atoms with van der Waals surface area (Å²) in [6, 6.07) is 3.30. The van der Waals surface area contributed by atoms with Crippen LogP contribution in [0.1, 0.15) is 17.4 Å². The van der Waals surface area contributed by atoms with Crippen LogP contribution in [0.5, 0.6) is 0 Å². The number of halogens is 1. The average molecular weight is 270 g/mol. The predicted molar refractivity (Wildman–Crippen MR) is 56.6 cm³/mol. The summed E-state index contributed by atoms with van der Waals surface area (Å²) in [5.41, 5.74) is 0.972. The number of carbonyl (C=O) groups is 1. The lowest BCUT2D eigenvalue weighted by Crippen LogP contribution is -2.11. The van der Waals surface area contributed by atoms with E-state index < -0.39 is 5.97 Å². The van der Waals surface area contributed by atoms with Crippen LogP contribution in [0.4, 0.5) is 0 Å². The predicted octanol–water partition coefficient (Wildman–Crippen LogP) is 1.67. The summed E-state index contributed by atoms with van der Waals surface area (Å²) in [7, 11) is 0. The van der Waals surface area contributed by atoms with E-state index in [-0.39, 0.29) is 0 Å². The van der Waals surface area contributed by atoms with E-state index in [1.54, 1.807) is 25.3 Å². The number of rotatable bonds is 2. The molecule has 0 unspecified atom stereocenters. The van der Waals surface area contributed by atoms with Crippen molar-refractivity contribution in [1.82, 2.24) is 14.6 Å². The van der Waals surface area contributed by atoms with Crippen LogP contribution in [0, 0.1) is 0 Å². The molecule has 2 aromatic heterocycles. The number of ether oxygens (including phenoxy) is 1. The van der Waals surface area contributed by atoms with Crippen LogP contribution in [-0.2, 0) is 4.74 Å². The summed E-state index contributed by atoms with van der Waals surface area (Å²) in [6.07, 6.45) is 1.55. The Morgan fingerprint density at radius 1 is 1.67 bits per heavy atom. The molecule has 0 fully saturated rings. The van der Waals surface area contributed by atoms with Gasteiger partial charge in [-0.15, -0.1) is 0 Å². The largest absolute Gasteiger partial charge is 0.461 e. The molecule has 0 spiro atoms. The van der Waals surface area contributed by atoms with E-state index in [0.29, 0.717) is 22.6 Å². The number of nitrogens with zero attached hydrogens (tertiary/aromatic N) is 3. The third-order valence-electron chi connectivity index (χ3n) is 1.81. The smallest absolute Gasteiger partial charge is 0.357 e. The second-order valence-electron chi connectivity index (χ2n) is 2.79. The topological polar surface area (TPSA) is 56.5 Å². The Bertz CT molecular complexity index is 509. The Labute approximate surface area is 94.2 Å². The molecule has 0 radical (unpaired) electrons. The minimum Gasteiger partial charge on any atom is -0.461 e. The van der Waals surface area contributed by atoms with Crippen LogP contribution in [0.15, 0.2) is 22.9 Å². The number of hydrogen-bond donors (Lipinski definition) is 0. The van der Waals surface area contributed by atoms with Crippen molar-refractivity contribution >= 4 is 27.5 Å². The molecule has 0 aliphatic heterocycles. The molecule has 15 heavy (non-hydrogen) atoms. The highest BCUT2D eigenvalue weighted by molar-refractivity contribution is 9.10.